The molecule has 1 atom stereocenters. The van der Waals surface area contributed by atoms with Crippen molar-refractivity contribution >= 4 is 17.4 Å². The number of alkyl halides is 1. The Morgan fingerprint density at radius 2 is 1.95 bits per heavy atom. The second kappa shape index (κ2) is 6.18. The molecule has 1 aromatic heterocycles. The summed E-state index contributed by atoms with van der Waals surface area (Å²) in [7, 11) is 0. The average molecular weight is 294 g/mol. The van der Waals surface area contributed by atoms with E-state index in [2.05, 4.69) is 15.3 Å². The zero-order valence-corrected chi connectivity index (χ0v) is 12.3. The summed E-state index contributed by atoms with van der Waals surface area (Å²) in [6.07, 6.45) is 1.88. The molecule has 0 fully saturated rings. The first-order valence-corrected chi connectivity index (χ1v) is 7.03. The molecule has 20 heavy (non-hydrogen) atoms. The number of hydrogen-bond acceptors (Lipinski definition) is 3. The number of halogens is 2. The molecule has 0 aliphatic rings. The zero-order valence-electron chi connectivity index (χ0n) is 11.5. The van der Waals surface area contributed by atoms with Crippen LogP contribution >= 0.6 is 11.6 Å². The third-order valence-corrected chi connectivity index (χ3v) is 3.80. The smallest absolute Gasteiger partial charge is 0.186 e. The minimum absolute atomic E-state index is 0.184. The largest absolute Gasteiger partial charge is 0.357 e. The third-order valence-electron chi connectivity index (χ3n) is 3.27. The highest BCUT2D eigenvalue weighted by molar-refractivity contribution is 6.18. The van der Waals surface area contributed by atoms with E-state index >= 15 is 0 Å². The summed E-state index contributed by atoms with van der Waals surface area (Å²) in [5.74, 6) is 0.0631. The number of rotatable bonds is 5. The van der Waals surface area contributed by atoms with Gasteiger partial charge >= 0.3 is 0 Å². The fourth-order valence-corrected chi connectivity index (χ4v) is 2.21. The van der Waals surface area contributed by atoms with Gasteiger partial charge in [-0.3, -0.25) is 0 Å². The van der Waals surface area contributed by atoms with Crippen molar-refractivity contribution in [2.75, 3.05) is 11.2 Å². The van der Waals surface area contributed by atoms with Crippen LogP contribution in [0.5, 0.6) is 0 Å². The van der Waals surface area contributed by atoms with Crippen LogP contribution in [0.15, 0.2) is 36.7 Å². The number of anilines is 1. The molecule has 0 amide bonds. The van der Waals surface area contributed by atoms with Gasteiger partial charge in [-0.15, -0.1) is 11.6 Å². The molecule has 0 aliphatic carbocycles. The van der Waals surface area contributed by atoms with E-state index in [-0.39, 0.29) is 5.82 Å². The molecule has 5 heteroatoms. The fourth-order valence-electron chi connectivity index (χ4n) is 1.99. The molecule has 2 rings (SSSR count). The summed E-state index contributed by atoms with van der Waals surface area (Å²) in [4.78, 5) is 7.92. The molecule has 1 heterocycles. The van der Waals surface area contributed by atoms with Crippen LogP contribution in [0, 0.1) is 5.82 Å². The fraction of sp³-hybridized carbons (Fsp3) is 0.333. The number of nitrogens with zero attached hydrogens (tertiary/aromatic N) is 2. The van der Waals surface area contributed by atoms with Gasteiger partial charge < -0.3 is 5.32 Å². The molecule has 3 nitrogen and oxygen atoms in total. The van der Waals surface area contributed by atoms with Gasteiger partial charge in [0.15, 0.2) is 11.6 Å². The van der Waals surface area contributed by atoms with Crippen molar-refractivity contribution < 1.29 is 4.39 Å². The Kier molecular flexibility index (Phi) is 4.55. The molecule has 0 bridgehead atoms. The van der Waals surface area contributed by atoms with E-state index in [9.17, 15) is 4.39 Å². The van der Waals surface area contributed by atoms with Crippen molar-refractivity contribution in [2.24, 2.45) is 0 Å². The van der Waals surface area contributed by atoms with Gasteiger partial charge in [0.2, 0.25) is 0 Å². The Morgan fingerprint density at radius 1 is 1.25 bits per heavy atom. The molecular formula is C15H17ClFN3. The van der Waals surface area contributed by atoms with Crippen LogP contribution in [0.4, 0.5) is 10.2 Å². The maximum atomic E-state index is 14.2. The van der Waals surface area contributed by atoms with E-state index in [1.165, 1.54) is 6.33 Å². The Morgan fingerprint density at radius 3 is 2.55 bits per heavy atom. The molecule has 0 aliphatic heterocycles. The van der Waals surface area contributed by atoms with E-state index in [4.69, 9.17) is 11.6 Å². The van der Waals surface area contributed by atoms with Crippen molar-refractivity contribution in [3.8, 4) is 0 Å². The van der Waals surface area contributed by atoms with Crippen LogP contribution in [0.25, 0.3) is 0 Å². The summed E-state index contributed by atoms with van der Waals surface area (Å²) in [5.41, 5.74) is 0.779. The van der Waals surface area contributed by atoms with Gasteiger partial charge in [-0.05, 0) is 18.9 Å². The maximum Gasteiger partial charge on any atom is 0.186 e. The summed E-state index contributed by atoms with van der Waals surface area (Å²) < 4.78 is 14.2. The predicted octanol–water partition coefficient (Wildman–Crippen LogP) is 3.74. The van der Waals surface area contributed by atoms with Crippen LogP contribution in [0.1, 0.15) is 25.1 Å². The third kappa shape index (κ3) is 2.90. The van der Waals surface area contributed by atoms with Crippen LogP contribution in [0.2, 0.25) is 0 Å². The Bertz CT molecular complexity index is 577. The first-order valence-electron chi connectivity index (χ1n) is 6.49. The molecule has 0 radical (unpaired) electrons. The summed E-state index contributed by atoms with van der Waals surface area (Å²) in [6, 6.07) is 9.69. The van der Waals surface area contributed by atoms with E-state index in [0.717, 1.165) is 5.56 Å². The lowest BCUT2D eigenvalue weighted by Crippen LogP contribution is -2.34. The van der Waals surface area contributed by atoms with Crippen molar-refractivity contribution in [1.82, 2.24) is 9.97 Å². The average Bonchev–Trinajstić information content (AvgIpc) is 2.50. The number of nitrogens with one attached hydrogen (secondary N) is 1. The van der Waals surface area contributed by atoms with Gasteiger partial charge in [-0.2, -0.15) is 0 Å². The topological polar surface area (TPSA) is 37.8 Å². The van der Waals surface area contributed by atoms with Crippen molar-refractivity contribution in [3.63, 3.8) is 0 Å². The lowest BCUT2D eigenvalue weighted by Gasteiger charge is -2.30. The standard InChI is InChI=1S/C15H17ClFN3/c1-3-12-13(17)14(19-10-18-12)20-15(2,9-16)11-7-5-4-6-8-11/h4-8,10H,3,9H2,1-2H3,(H,18,19,20). The molecule has 1 unspecified atom stereocenters. The van der Waals surface area contributed by atoms with E-state index in [1.807, 2.05) is 44.2 Å². The number of aryl methyl sites for hydroxylation is 1. The second-order valence-corrected chi connectivity index (χ2v) is 5.06. The molecule has 0 spiro atoms. The summed E-state index contributed by atoms with van der Waals surface area (Å²) in [5, 5.41) is 3.11. The molecule has 1 aromatic carbocycles. The Hall–Kier alpha value is -1.68. The van der Waals surface area contributed by atoms with Gasteiger partial charge in [-0.1, -0.05) is 37.3 Å². The number of benzene rings is 1. The summed E-state index contributed by atoms with van der Waals surface area (Å²) >= 11 is 6.09. The SMILES string of the molecule is CCc1ncnc(NC(C)(CCl)c2ccccc2)c1F. The van der Waals surface area contributed by atoms with E-state index < -0.39 is 11.4 Å². The Labute approximate surface area is 123 Å². The van der Waals surface area contributed by atoms with Gasteiger partial charge in [0.05, 0.1) is 11.2 Å². The molecule has 1 N–H and O–H groups in total. The lowest BCUT2D eigenvalue weighted by molar-refractivity contribution is 0.567. The highest BCUT2D eigenvalue weighted by Gasteiger charge is 2.27. The minimum Gasteiger partial charge on any atom is -0.357 e. The molecule has 0 saturated carbocycles. The van der Waals surface area contributed by atoms with Gasteiger partial charge in [0, 0.05) is 5.88 Å². The molecule has 0 saturated heterocycles. The zero-order chi connectivity index (χ0) is 14.6. The van der Waals surface area contributed by atoms with Gasteiger partial charge in [-0.25, -0.2) is 14.4 Å². The second-order valence-electron chi connectivity index (χ2n) is 4.79. The molecular weight excluding hydrogens is 277 g/mol. The lowest BCUT2D eigenvalue weighted by atomic mass is 9.94. The van der Waals surface area contributed by atoms with Crippen molar-refractivity contribution in [1.29, 1.82) is 0 Å². The van der Waals surface area contributed by atoms with Crippen molar-refractivity contribution in [3.05, 3.63) is 53.7 Å². The van der Waals surface area contributed by atoms with Crippen LogP contribution in [0.3, 0.4) is 0 Å². The van der Waals surface area contributed by atoms with Crippen LogP contribution in [-0.2, 0) is 12.0 Å². The minimum atomic E-state index is -0.594. The van der Waals surface area contributed by atoms with Gasteiger partial charge in [0.1, 0.15) is 6.33 Å². The van der Waals surface area contributed by atoms with Gasteiger partial charge in [0.25, 0.3) is 0 Å². The first-order chi connectivity index (χ1) is 9.60. The maximum absolute atomic E-state index is 14.2. The summed E-state index contributed by atoms with van der Waals surface area (Å²) in [6.45, 7) is 3.77. The monoisotopic (exact) mass is 293 g/mol. The van der Waals surface area contributed by atoms with E-state index in [0.29, 0.717) is 18.0 Å². The molecule has 2 aromatic rings. The quantitative estimate of drug-likeness (QED) is 0.853. The van der Waals surface area contributed by atoms with Crippen LogP contribution in [-0.4, -0.2) is 15.8 Å². The predicted molar refractivity (Wildman–Crippen MR) is 79.5 cm³/mol. The number of hydrogen-bond donors (Lipinski definition) is 1. The van der Waals surface area contributed by atoms with Crippen LogP contribution < -0.4 is 5.32 Å². The highest BCUT2D eigenvalue weighted by atomic mass is 35.5. The highest BCUT2D eigenvalue weighted by Crippen LogP contribution is 2.28. The molecule has 106 valence electrons. The Balaban J connectivity index is 2.36. The van der Waals surface area contributed by atoms with E-state index in [1.54, 1.807) is 0 Å². The van der Waals surface area contributed by atoms with Crippen molar-refractivity contribution in [2.45, 2.75) is 25.8 Å². The normalized spacial score (nSPS) is 13.8. The number of aromatic nitrogens is 2. The first kappa shape index (κ1) is 14.7.